The lowest BCUT2D eigenvalue weighted by Crippen LogP contribution is -2.41. The summed E-state index contributed by atoms with van der Waals surface area (Å²) in [6.45, 7) is 1.75. The second-order valence-electron chi connectivity index (χ2n) is 10.4. The number of hydrogen-bond acceptors (Lipinski definition) is 5. The number of nitrogens with two attached hydrogens (primary N) is 1. The van der Waals surface area contributed by atoms with E-state index < -0.39 is 17.7 Å². The van der Waals surface area contributed by atoms with E-state index >= 15 is 0 Å². The van der Waals surface area contributed by atoms with Crippen LogP contribution in [0.3, 0.4) is 0 Å². The topological polar surface area (TPSA) is 127 Å². The summed E-state index contributed by atoms with van der Waals surface area (Å²) < 4.78 is 0. The van der Waals surface area contributed by atoms with Crippen LogP contribution in [-0.4, -0.2) is 65.3 Å². The molecule has 1 heterocycles. The summed E-state index contributed by atoms with van der Waals surface area (Å²) in [4.78, 5) is 64.4. The van der Waals surface area contributed by atoms with Gasteiger partial charge in [0, 0.05) is 41.8 Å². The Morgan fingerprint density at radius 3 is 2.39 bits per heavy atom. The first-order valence-electron chi connectivity index (χ1n) is 13.0. The Morgan fingerprint density at radius 1 is 1.08 bits per heavy atom. The zero-order valence-electron chi connectivity index (χ0n) is 21.6. The minimum absolute atomic E-state index is 0.0623. The zero-order chi connectivity index (χ0) is 27.4. The minimum atomic E-state index is -0.752. The number of amides is 3. The highest BCUT2D eigenvalue weighted by Crippen LogP contribution is 2.34. The minimum Gasteiger partial charge on any atom is -0.369 e. The molecule has 1 aliphatic heterocycles. The molecule has 2 fully saturated rings. The largest absolute Gasteiger partial charge is 0.369 e. The van der Waals surface area contributed by atoms with Crippen LogP contribution in [0.25, 0.3) is 0 Å². The van der Waals surface area contributed by atoms with E-state index in [0.717, 1.165) is 39.5 Å². The first kappa shape index (κ1) is 27.6. The third-order valence-electron chi connectivity index (χ3n) is 7.62. The molecule has 9 heteroatoms. The monoisotopic (exact) mass is 535 g/mol. The van der Waals surface area contributed by atoms with E-state index in [-0.39, 0.29) is 48.4 Å². The van der Waals surface area contributed by atoms with Gasteiger partial charge in [0.2, 0.25) is 11.8 Å². The molecule has 200 valence electrons. The number of hydrogen-bond donors (Lipinski definition) is 2. The fraction of sp³-hybridized carbons (Fsp3) is 0.448. The first-order valence-corrected chi connectivity index (χ1v) is 14.2. The highest BCUT2D eigenvalue weighted by molar-refractivity contribution is 7.38. The Hall–Kier alpha value is -3.38. The number of primary amides is 1. The summed E-state index contributed by atoms with van der Waals surface area (Å²) >= 11 is 0. The molecule has 1 unspecified atom stereocenters. The second kappa shape index (κ2) is 12.0. The number of carbonyl (C=O) groups is 5. The highest BCUT2D eigenvalue weighted by atomic mass is 31.1. The van der Waals surface area contributed by atoms with E-state index in [0.29, 0.717) is 23.2 Å². The molecule has 3 aliphatic rings. The molecule has 5 atom stereocenters. The normalized spacial score (nSPS) is 28.8. The Bertz CT molecular complexity index is 1210. The smallest absolute Gasteiger partial charge is 0.253 e. The van der Waals surface area contributed by atoms with Gasteiger partial charge in [0.15, 0.2) is 5.78 Å². The Morgan fingerprint density at radius 2 is 1.76 bits per heavy atom. The van der Waals surface area contributed by atoms with Crippen LogP contribution < -0.4 is 11.1 Å². The van der Waals surface area contributed by atoms with Crippen molar-refractivity contribution in [3.8, 4) is 0 Å². The Labute approximate surface area is 224 Å². The number of Topliss-reactive ketones (excluding diaryl/α,β-unsaturated/α-hetero) is 1. The molecule has 1 aromatic rings. The predicted octanol–water partition coefficient (Wildman–Crippen LogP) is 2.94. The number of nitrogens with one attached hydrogen (secondary N) is 1. The standard InChI is InChI=1S/C29H34N3O5P/c1-17(33)21-7-5-3-4-6-18(12-21)13-25(34)19-8-10-20(11-9-19)29(37)32-15-22(27(30)35)23(16-32)28(36)31-24-14-26(24)38-2/h5,7-11,13,21-24,26H,2-4,6,12,14-16H2,1H3,(H2,30,35)(H,31,36)/b7-5+,18-13-/t21?,22-,23-,24+,26+/m1/s1. The molecule has 3 N–H and O–H groups in total. The molecule has 38 heavy (non-hydrogen) atoms. The van der Waals surface area contributed by atoms with Gasteiger partial charge in [0.05, 0.1) is 11.8 Å². The summed E-state index contributed by atoms with van der Waals surface area (Å²) in [5.74, 6) is -2.92. The molecule has 0 radical (unpaired) electrons. The lowest BCUT2D eigenvalue weighted by atomic mass is 9.89. The molecule has 4 rings (SSSR count). The molecule has 3 amide bonds. The lowest BCUT2D eigenvalue weighted by molar-refractivity contribution is -0.131. The van der Waals surface area contributed by atoms with E-state index in [2.05, 4.69) is 11.6 Å². The number of nitrogens with zero attached hydrogens (tertiary/aromatic N) is 1. The van der Waals surface area contributed by atoms with Crippen molar-refractivity contribution in [1.82, 2.24) is 10.2 Å². The maximum atomic E-state index is 13.2. The van der Waals surface area contributed by atoms with E-state index in [1.165, 1.54) is 4.90 Å². The van der Waals surface area contributed by atoms with Gasteiger partial charge in [-0.2, -0.15) is 0 Å². The van der Waals surface area contributed by atoms with Crippen molar-refractivity contribution < 1.29 is 24.0 Å². The van der Waals surface area contributed by atoms with Crippen LogP contribution in [0.4, 0.5) is 0 Å². The van der Waals surface area contributed by atoms with Gasteiger partial charge in [-0.25, -0.2) is 0 Å². The van der Waals surface area contributed by atoms with E-state index in [1.54, 1.807) is 37.3 Å². The summed E-state index contributed by atoms with van der Waals surface area (Å²) in [5, 5.41) is 2.95. The highest BCUT2D eigenvalue weighted by Gasteiger charge is 2.45. The van der Waals surface area contributed by atoms with Crippen molar-refractivity contribution in [1.29, 1.82) is 0 Å². The van der Waals surface area contributed by atoms with Crippen LogP contribution in [-0.2, 0) is 14.4 Å². The second-order valence-corrected chi connectivity index (χ2v) is 11.4. The Kier molecular flexibility index (Phi) is 8.72. The quantitative estimate of drug-likeness (QED) is 0.229. The zero-order valence-corrected chi connectivity index (χ0v) is 22.5. The SMILES string of the molecule is C=P[C@H]1C[C@@H]1NC(=O)[C@@H]1CN(C(=O)c2ccc(C(=O)/C=C3/CCC/C=C/C(C(C)=O)C3)cc2)C[C@H]1C(N)=O. The third kappa shape index (κ3) is 6.54. The predicted molar refractivity (Wildman–Crippen MR) is 147 cm³/mol. The molecule has 0 aromatic heterocycles. The molecular formula is C29H34N3O5P. The summed E-state index contributed by atoms with van der Waals surface area (Å²) in [5.41, 5.74) is 7.66. The molecule has 1 saturated heterocycles. The van der Waals surface area contributed by atoms with Crippen molar-refractivity contribution in [3.63, 3.8) is 0 Å². The van der Waals surface area contributed by atoms with Crippen LogP contribution in [0.15, 0.2) is 48.1 Å². The van der Waals surface area contributed by atoms with Gasteiger partial charge in [-0.15, -0.1) is 8.20 Å². The maximum absolute atomic E-state index is 13.2. The summed E-state index contributed by atoms with van der Waals surface area (Å²) in [6, 6.07) is 6.45. The fourth-order valence-electron chi connectivity index (χ4n) is 5.15. The number of carbonyl (C=O) groups excluding carboxylic acids is 5. The van der Waals surface area contributed by atoms with Crippen LogP contribution in [0.5, 0.6) is 0 Å². The van der Waals surface area contributed by atoms with Gasteiger partial charge in [-0.1, -0.05) is 36.2 Å². The van der Waals surface area contributed by atoms with Crippen molar-refractivity contribution in [2.45, 2.75) is 50.7 Å². The van der Waals surface area contributed by atoms with E-state index in [1.807, 2.05) is 12.2 Å². The van der Waals surface area contributed by atoms with Gasteiger partial charge in [-0.3, -0.25) is 24.0 Å². The van der Waals surface area contributed by atoms with Gasteiger partial charge < -0.3 is 16.0 Å². The van der Waals surface area contributed by atoms with Gasteiger partial charge in [0.25, 0.3) is 5.91 Å². The summed E-state index contributed by atoms with van der Waals surface area (Å²) in [7, 11) is 0.976. The molecule has 8 nitrogen and oxygen atoms in total. The number of benzene rings is 1. The van der Waals surface area contributed by atoms with Crippen LogP contribution >= 0.6 is 8.20 Å². The number of rotatable bonds is 8. The molecule has 2 aliphatic carbocycles. The molecule has 1 saturated carbocycles. The van der Waals surface area contributed by atoms with Crippen molar-refractivity contribution in [2.24, 2.45) is 23.5 Å². The molecule has 0 spiro atoms. The Balaban J connectivity index is 1.41. The van der Waals surface area contributed by atoms with Crippen LogP contribution in [0.2, 0.25) is 0 Å². The fourth-order valence-corrected chi connectivity index (χ4v) is 5.86. The number of ketones is 2. The number of likely N-dealkylation sites (tertiary alicyclic amines) is 1. The van der Waals surface area contributed by atoms with Crippen LogP contribution in [0.1, 0.15) is 59.7 Å². The van der Waals surface area contributed by atoms with Crippen molar-refractivity contribution in [2.75, 3.05) is 13.1 Å². The van der Waals surface area contributed by atoms with Crippen molar-refractivity contribution >= 4 is 43.8 Å². The molecule has 1 aromatic carbocycles. The van der Waals surface area contributed by atoms with Gasteiger partial charge >= 0.3 is 0 Å². The van der Waals surface area contributed by atoms with Crippen LogP contribution in [0, 0.1) is 17.8 Å². The van der Waals surface area contributed by atoms with Gasteiger partial charge in [-0.05, 0) is 57.2 Å². The van der Waals surface area contributed by atoms with Crippen molar-refractivity contribution in [3.05, 3.63) is 59.2 Å². The summed E-state index contributed by atoms with van der Waals surface area (Å²) in [6.07, 6.45) is 13.4. The molecule has 0 bridgehead atoms. The first-order chi connectivity index (χ1) is 18.2. The van der Waals surface area contributed by atoms with Gasteiger partial charge in [0.1, 0.15) is 5.78 Å². The average Bonchev–Trinajstić information content (AvgIpc) is 3.46. The number of allylic oxidation sites excluding steroid dienone is 4. The maximum Gasteiger partial charge on any atom is 0.253 e. The van der Waals surface area contributed by atoms with E-state index in [9.17, 15) is 24.0 Å². The lowest BCUT2D eigenvalue weighted by Gasteiger charge is -2.17. The van der Waals surface area contributed by atoms with E-state index in [4.69, 9.17) is 5.73 Å². The third-order valence-corrected chi connectivity index (χ3v) is 8.66. The average molecular weight is 536 g/mol. The molecular weight excluding hydrogens is 501 g/mol.